The number of hydrogen-bond acceptors (Lipinski definition) is 4. The second kappa shape index (κ2) is 4.73. The predicted molar refractivity (Wildman–Crippen MR) is 65.8 cm³/mol. The highest BCUT2D eigenvalue weighted by molar-refractivity contribution is 7.99. The molecule has 1 saturated heterocycles. The van der Waals surface area contributed by atoms with Gasteiger partial charge in [-0.05, 0) is 12.2 Å². The molecule has 0 bridgehead atoms. The van der Waals surface area contributed by atoms with Gasteiger partial charge in [0.1, 0.15) is 0 Å². The third-order valence-electron chi connectivity index (χ3n) is 2.43. The molecule has 2 rings (SSSR count). The molecule has 1 aromatic heterocycles. The molecule has 14 heavy (non-hydrogen) atoms. The van der Waals surface area contributed by atoms with Crippen LogP contribution in [-0.4, -0.2) is 29.6 Å². The number of alkyl halides is 1. The zero-order valence-corrected chi connectivity index (χ0v) is 10.5. The molecule has 1 unspecified atom stereocenters. The molecule has 5 heteroatoms. The first kappa shape index (κ1) is 10.6. The highest BCUT2D eigenvalue weighted by atomic mass is 35.5. The van der Waals surface area contributed by atoms with Crippen molar-refractivity contribution in [1.82, 2.24) is 4.98 Å². The van der Waals surface area contributed by atoms with E-state index in [2.05, 4.69) is 16.9 Å². The molecule has 0 aliphatic carbocycles. The van der Waals surface area contributed by atoms with Gasteiger partial charge >= 0.3 is 0 Å². The Kier molecular flexibility index (Phi) is 3.57. The average Bonchev–Trinajstić information content (AvgIpc) is 2.88. The van der Waals surface area contributed by atoms with E-state index >= 15 is 0 Å². The van der Waals surface area contributed by atoms with Gasteiger partial charge in [-0.1, -0.05) is 0 Å². The van der Waals surface area contributed by atoms with Gasteiger partial charge in [-0.3, -0.25) is 0 Å². The summed E-state index contributed by atoms with van der Waals surface area (Å²) in [5, 5.41) is 3.15. The van der Waals surface area contributed by atoms with E-state index in [1.54, 1.807) is 11.3 Å². The summed E-state index contributed by atoms with van der Waals surface area (Å²) in [6.07, 6.45) is 1.27. The van der Waals surface area contributed by atoms with Gasteiger partial charge in [0.25, 0.3) is 0 Å². The van der Waals surface area contributed by atoms with E-state index in [0.29, 0.717) is 11.9 Å². The average molecular weight is 249 g/mol. The first-order valence-corrected chi connectivity index (χ1v) is 7.19. The summed E-state index contributed by atoms with van der Waals surface area (Å²) >= 11 is 9.44. The molecule has 0 spiro atoms. The maximum absolute atomic E-state index is 5.73. The van der Waals surface area contributed by atoms with E-state index in [1.807, 2.05) is 17.1 Å². The number of thiazole rings is 1. The number of thioether (sulfide) groups is 1. The van der Waals surface area contributed by atoms with Crippen molar-refractivity contribution in [2.45, 2.75) is 18.3 Å². The fourth-order valence-electron chi connectivity index (χ4n) is 1.50. The van der Waals surface area contributed by atoms with E-state index in [1.165, 1.54) is 17.9 Å². The van der Waals surface area contributed by atoms with Crippen molar-refractivity contribution < 1.29 is 0 Å². The number of anilines is 1. The monoisotopic (exact) mass is 248 g/mol. The largest absolute Gasteiger partial charge is 0.347 e. The molecule has 1 aliphatic heterocycles. The number of nitrogens with zero attached hydrogens (tertiary/aromatic N) is 2. The Morgan fingerprint density at radius 3 is 3.14 bits per heavy atom. The quantitative estimate of drug-likeness (QED) is 0.766. The topological polar surface area (TPSA) is 16.1 Å². The van der Waals surface area contributed by atoms with Gasteiger partial charge in [-0.2, -0.15) is 11.8 Å². The van der Waals surface area contributed by atoms with Crippen LogP contribution in [0.5, 0.6) is 0 Å². The maximum atomic E-state index is 5.73. The molecule has 1 aliphatic rings. The van der Waals surface area contributed by atoms with Crippen molar-refractivity contribution >= 4 is 39.8 Å². The Balaban J connectivity index is 2.05. The third-order valence-corrected chi connectivity index (χ3v) is 4.83. The van der Waals surface area contributed by atoms with Gasteiger partial charge in [-0.25, -0.2) is 4.98 Å². The van der Waals surface area contributed by atoms with Crippen LogP contribution in [0, 0.1) is 0 Å². The molecular formula is C9H13ClN2S2. The molecule has 0 amide bonds. The Morgan fingerprint density at radius 2 is 2.57 bits per heavy atom. The summed E-state index contributed by atoms with van der Waals surface area (Å²) in [5.74, 6) is 3.03. The summed E-state index contributed by atoms with van der Waals surface area (Å²) in [6.45, 7) is 0. The van der Waals surface area contributed by atoms with Crippen LogP contribution in [-0.2, 0) is 5.88 Å². The molecule has 1 aromatic rings. The van der Waals surface area contributed by atoms with E-state index in [9.17, 15) is 0 Å². The summed E-state index contributed by atoms with van der Waals surface area (Å²) in [6, 6.07) is 0.661. The lowest BCUT2D eigenvalue weighted by atomic mass is 10.2. The molecule has 0 N–H and O–H groups in total. The normalized spacial score (nSPS) is 21.4. The summed E-state index contributed by atoms with van der Waals surface area (Å²) in [5.41, 5.74) is 0.990. The standard InChI is InChI=1S/C9H13ClN2S2/c1-12(8-2-3-13-6-8)9-11-7(4-10)5-14-9/h5,8H,2-4,6H2,1H3. The molecule has 1 fully saturated rings. The van der Waals surface area contributed by atoms with Crippen LogP contribution < -0.4 is 4.90 Å². The molecule has 78 valence electrons. The van der Waals surface area contributed by atoms with Crippen molar-refractivity contribution in [1.29, 1.82) is 0 Å². The molecule has 2 nitrogen and oxygen atoms in total. The first-order valence-electron chi connectivity index (χ1n) is 4.62. The van der Waals surface area contributed by atoms with Crippen LogP contribution in [0.2, 0.25) is 0 Å². The Hall–Kier alpha value is 0.0700. The lowest BCUT2D eigenvalue weighted by Gasteiger charge is -2.22. The van der Waals surface area contributed by atoms with Crippen LogP contribution in [0.25, 0.3) is 0 Å². The minimum absolute atomic E-state index is 0.518. The highest BCUT2D eigenvalue weighted by Crippen LogP contribution is 2.28. The Morgan fingerprint density at radius 1 is 1.71 bits per heavy atom. The van der Waals surface area contributed by atoms with E-state index < -0.39 is 0 Å². The zero-order valence-electron chi connectivity index (χ0n) is 8.07. The third kappa shape index (κ3) is 2.18. The van der Waals surface area contributed by atoms with Gasteiger partial charge in [0.2, 0.25) is 0 Å². The van der Waals surface area contributed by atoms with Crippen LogP contribution in [0.4, 0.5) is 5.13 Å². The molecular weight excluding hydrogens is 236 g/mol. The number of hydrogen-bond donors (Lipinski definition) is 0. The predicted octanol–water partition coefficient (Wildman–Crippen LogP) is 2.82. The smallest absolute Gasteiger partial charge is 0.185 e. The van der Waals surface area contributed by atoms with E-state index in [-0.39, 0.29) is 0 Å². The fraction of sp³-hybridized carbons (Fsp3) is 0.667. The zero-order chi connectivity index (χ0) is 9.97. The maximum Gasteiger partial charge on any atom is 0.185 e. The Bertz CT molecular complexity index is 297. The van der Waals surface area contributed by atoms with Crippen LogP contribution in [0.1, 0.15) is 12.1 Å². The fourth-order valence-corrected chi connectivity index (χ4v) is 3.86. The molecule has 0 radical (unpaired) electrons. The van der Waals surface area contributed by atoms with Gasteiger partial charge in [0.05, 0.1) is 11.6 Å². The van der Waals surface area contributed by atoms with Gasteiger partial charge in [0.15, 0.2) is 5.13 Å². The van der Waals surface area contributed by atoms with Crippen LogP contribution >= 0.6 is 34.7 Å². The lowest BCUT2D eigenvalue weighted by molar-refractivity contribution is 0.697. The highest BCUT2D eigenvalue weighted by Gasteiger charge is 2.21. The van der Waals surface area contributed by atoms with Crippen molar-refractivity contribution in [3.63, 3.8) is 0 Å². The van der Waals surface area contributed by atoms with Gasteiger partial charge in [-0.15, -0.1) is 22.9 Å². The second-order valence-corrected chi connectivity index (χ2v) is 5.64. The van der Waals surface area contributed by atoms with Crippen molar-refractivity contribution in [2.24, 2.45) is 0 Å². The second-order valence-electron chi connectivity index (χ2n) is 3.38. The van der Waals surface area contributed by atoms with Crippen molar-refractivity contribution in [3.05, 3.63) is 11.1 Å². The number of aromatic nitrogens is 1. The van der Waals surface area contributed by atoms with Crippen LogP contribution in [0.3, 0.4) is 0 Å². The lowest BCUT2D eigenvalue weighted by Crippen LogP contribution is -2.31. The SMILES string of the molecule is CN(c1nc(CCl)cs1)C1CCSC1. The number of rotatable bonds is 3. The summed E-state index contributed by atoms with van der Waals surface area (Å²) in [4.78, 5) is 6.77. The minimum Gasteiger partial charge on any atom is -0.347 e. The molecule has 0 aromatic carbocycles. The van der Waals surface area contributed by atoms with E-state index in [0.717, 1.165) is 10.8 Å². The molecule has 2 heterocycles. The van der Waals surface area contributed by atoms with E-state index in [4.69, 9.17) is 11.6 Å². The molecule has 1 atom stereocenters. The molecule has 0 saturated carbocycles. The van der Waals surface area contributed by atoms with Gasteiger partial charge < -0.3 is 4.90 Å². The summed E-state index contributed by atoms with van der Waals surface area (Å²) < 4.78 is 0. The summed E-state index contributed by atoms with van der Waals surface area (Å²) in [7, 11) is 2.13. The van der Waals surface area contributed by atoms with Crippen molar-refractivity contribution in [2.75, 3.05) is 23.5 Å². The Labute approximate surface area is 97.7 Å². The van der Waals surface area contributed by atoms with Crippen LogP contribution in [0.15, 0.2) is 5.38 Å². The first-order chi connectivity index (χ1) is 6.81. The number of halogens is 1. The van der Waals surface area contributed by atoms with Crippen molar-refractivity contribution in [3.8, 4) is 0 Å². The minimum atomic E-state index is 0.518. The van der Waals surface area contributed by atoms with Gasteiger partial charge in [0, 0.05) is 24.2 Å².